The molecule has 0 radical (unpaired) electrons. The van der Waals surface area contributed by atoms with Crippen molar-refractivity contribution >= 4 is 29.4 Å². The predicted molar refractivity (Wildman–Crippen MR) is 147 cm³/mol. The van der Waals surface area contributed by atoms with Crippen molar-refractivity contribution in [3.8, 4) is 16.9 Å². The molecule has 0 atom stereocenters. The molecule has 0 bridgehead atoms. The molecule has 0 saturated heterocycles. The van der Waals surface area contributed by atoms with E-state index in [0.29, 0.717) is 29.1 Å². The number of halogens is 1. The van der Waals surface area contributed by atoms with E-state index in [4.69, 9.17) is 16.6 Å². The number of aromatic nitrogens is 2. The zero-order valence-electron chi connectivity index (χ0n) is 20.7. The maximum absolute atomic E-state index is 13.2. The van der Waals surface area contributed by atoms with Gasteiger partial charge in [-0.1, -0.05) is 66.2 Å². The van der Waals surface area contributed by atoms with Crippen molar-refractivity contribution in [2.24, 2.45) is 5.92 Å². The number of carbonyl (C=O) groups excluding carboxylic acids is 2. The molecule has 37 heavy (non-hydrogen) atoms. The molecular weight excluding hydrogens is 484 g/mol. The molecule has 4 aromatic rings. The Morgan fingerprint density at radius 2 is 1.78 bits per heavy atom. The number of hydrogen-bond donors (Lipinski definition) is 1. The molecule has 1 aromatic heterocycles. The van der Waals surface area contributed by atoms with E-state index in [-0.39, 0.29) is 24.8 Å². The second-order valence-corrected chi connectivity index (χ2v) is 10.0. The van der Waals surface area contributed by atoms with Gasteiger partial charge < -0.3 is 4.90 Å². The van der Waals surface area contributed by atoms with E-state index in [0.717, 1.165) is 35.2 Å². The SMILES string of the molecule is Cc1cccc(-n2cc(-c3ccc(Cl)cc3)nc2NC(=O)CN(CC2CC2)C(=O)Cc2ccccc2)c1. The highest BCUT2D eigenvalue weighted by Crippen LogP contribution is 2.30. The minimum atomic E-state index is -0.274. The summed E-state index contributed by atoms with van der Waals surface area (Å²) in [6, 6.07) is 25.1. The lowest BCUT2D eigenvalue weighted by atomic mass is 10.1. The van der Waals surface area contributed by atoms with Crippen LogP contribution in [0.2, 0.25) is 5.02 Å². The zero-order valence-corrected chi connectivity index (χ0v) is 21.5. The van der Waals surface area contributed by atoms with Crippen LogP contribution in [-0.2, 0) is 16.0 Å². The lowest BCUT2D eigenvalue weighted by Gasteiger charge is -2.22. The molecule has 1 fully saturated rings. The van der Waals surface area contributed by atoms with Gasteiger partial charge in [0.2, 0.25) is 17.8 Å². The Labute approximate surface area is 221 Å². The summed E-state index contributed by atoms with van der Waals surface area (Å²) in [5.41, 5.74) is 4.52. The number of carbonyl (C=O) groups is 2. The molecule has 0 unspecified atom stereocenters. The van der Waals surface area contributed by atoms with Crippen LogP contribution >= 0.6 is 11.6 Å². The maximum Gasteiger partial charge on any atom is 0.246 e. The third-order valence-corrected chi connectivity index (χ3v) is 6.69. The van der Waals surface area contributed by atoms with Gasteiger partial charge in [-0.15, -0.1) is 0 Å². The molecule has 2 amide bonds. The van der Waals surface area contributed by atoms with Gasteiger partial charge in [0.05, 0.1) is 18.7 Å². The molecule has 188 valence electrons. The van der Waals surface area contributed by atoms with Gasteiger partial charge in [0.1, 0.15) is 0 Å². The van der Waals surface area contributed by atoms with Crippen LogP contribution in [0.5, 0.6) is 0 Å². The van der Waals surface area contributed by atoms with Gasteiger partial charge in [-0.25, -0.2) is 4.98 Å². The highest BCUT2D eigenvalue weighted by Gasteiger charge is 2.28. The zero-order chi connectivity index (χ0) is 25.8. The maximum atomic E-state index is 13.2. The summed E-state index contributed by atoms with van der Waals surface area (Å²) >= 11 is 6.07. The quantitative estimate of drug-likeness (QED) is 0.302. The van der Waals surface area contributed by atoms with Gasteiger partial charge in [0.25, 0.3) is 0 Å². The van der Waals surface area contributed by atoms with Crippen molar-refractivity contribution in [1.82, 2.24) is 14.5 Å². The van der Waals surface area contributed by atoms with Crippen LogP contribution in [0.4, 0.5) is 5.95 Å². The van der Waals surface area contributed by atoms with Crippen LogP contribution in [0.3, 0.4) is 0 Å². The fraction of sp³-hybridized carbons (Fsp3) is 0.233. The van der Waals surface area contributed by atoms with E-state index >= 15 is 0 Å². The first-order chi connectivity index (χ1) is 17.9. The van der Waals surface area contributed by atoms with Crippen molar-refractivity contribution in [2.45, 2.75) is 26.2 Å². The Hall–Kier alpha value is -3.90. The minimum absolute atomic E-state index is 0.0148. The highest BCUT2D eigenvalue weighted by molar-refractivity contribution is 6.30. The first kappa shape index (κ1) is 24.8. The Kier molecular flexibility index (Phi) is 7.37. The summed E-state index contributed by atoms with van der Waals surface area (Å²) < 4.78 is 1.87. The van der Waals surface area contributed by atoms with Gasteiger partial charge in [-0.2, -0.15) is 0 Å². The summed E-state index contributed by atoms with van der Waals surface area (Å²) in [7, 11) is 0. The summed E-state index contributed by atoms with van der Waals surface area (Å²) in [4.78, 5) is 32.8. The summed E-state index contributed by atoms with van der Waals surface area (Å²) in [6.45, 7) is 2.60. The fourth-order valence-electron chi connectivity index (χ4n) is 4.29. The molecule has 3 aromatic carbocycles. The molecule has 7 heteroatoms. The van der Waals surface area contributed by atoms with Crippen molar-refractivity contribution in [2.75, 3.05) is 18.4 Å². The molecule has 5 rings (SSSR count). The van der Waals surface area contributed by atoms with Gasteiger partial charge >= 0.3 is 0 Å². The fourth-order valence-corrected chi connectivity index (χ4v) is 4.42. The highest BCUT2D eigenvalue weighted by atomic mass is 35.5. The number of amides is 2. The summed E-state index contributed by atoms with van der Waals surface area (Å²) in [5.74, 6) is 0.557. The van der Waals surface area contributed by atoms with Gasteiger partial charge in [0.15, 0.2) is 0 Å². The summed E-state index contributed by atoms with van der Waals surface area (Å²) in [6.07, 6.45) is 4.37. The number of anilines is 1. The third kappa shape index (κ3) is 6.46. The second-order valence-electron chi connectivity index (χ2n) is 9.59. The van der Waals surface area contributed by atoms with Crippen molar-refractivity contribution < 1.29 is 9.59 Å². The second kappa shape index (κ2) is 11.0. The first-order valence-electron chi connectivity index (χ1n) is 12.5. The van der Waals surface area contributed by atoms with E-state index in [1.54, 1.807) is 4.90 Å². The molecule has 1 heterocycles. The average molecular weight is 513 g/mol. The minimum Gasteiger partial charge on any atom is -0.333 e. The van der Waals surface area contributed by atoms with Crippen molar-refractivity contribution in [1.29, 1.82) is 0 Å². The first-order valence-corrected chi connectivity index (χ1v) is 12.9. The summed E-state index contributed by atoms with van der Waals surface area (Å²) in [5, 5.41) is 3.61. The molecule has 1 N–H and O–H groups in total. The van der Waals surface area contributed by atoms with Gasteiger partial charge in [-0.05, 0) is 61.1 Å². The van der Waals surface area contributed by atoms with Crippen molar-refractivity contribution in [3.05, 3.63) is 101 Å². The molecule has 1 aliphatic carbocycles. The topological polar surface area (TPSA) is 67.2 Å². The molecule has 1 aliphatic rings. The van der Waals surface area contributed by atoms with Crippen LogP contribution in [-0.4, -0.2) is 39.4 Å². The largest absolute Gasteiger partial charge is 0.333 e. The van der Waals surface area contributed by atoms with Crippen molar-refractivity contribution in [3.63, 3.8) is 0 Å². The van der Waals surface area contributed by atoms with Gasteiger partial charge in [-0.3, -0.25) is 19.5 Å². The number of aryl methyl sites for hydroxylation is 1. The average Bonchev–Trinajstić information content (AvgIpc) is 3.61. The third-order valence-electron chi connectivity index (χ3n) is 6.44. The van der Waals surface area contributed by atoms with Crippen LogP contribution in [0, 0.1) is 12.8 Å². The number of imidazole rings is 1. The predicted octanol–water partition coefficient (Wildman–Crippen LogP) is 5.92. The molecule has 0 aliphatic heterocycles. The van der Waals surface area contributed by atoms with E-state index < -0.39 is 0 Å². The molecule has 0 spiro atoms. The lowest BCUT2D eigenvalue weighted by molar-refractivity contribution is -0.134. The Morgan fingerprint density at radius 1 is 1.03 bits per heavy atom. The normalized spacial score (nSPS) is 12.8. The van der Waals surface area contributed by atoms with E-state index in [2.05, 4.69) is 5.32 Å². The van der Waals surface area contributed by atoms with E-state index in [9.17, 15) is 9.59 Å². The number of hydrogen-bond acceptors (Lipinski definition) is 3. The lowest BCUT2D eigenvalue weighted by Crippen LogP contribution is -2.40. The van der Waals surface area contributed by atoms with Crippen LogP contribution in [0.25, 0.3) is 16.9 Å². The van der Waals surface area contributed by atoms with E-state index in [1.807, 2.05) is 96.6 Å². The Bertz CT molecular complexity index is 1390. The standard InChI is InChI=1S/C30H29ClN4O2/c1-21-6-5-9-26(16-21)35-19-27(24-12-14-25(31)15-13-24)32-30(35)33-28(36)20-34(18-23-10-11-23)29(37)17-22-7-3-2-4-8-22/h2-9,12-16,19,23H,10-11,17-18,20H2,1H3,(H,32,33,36). The van der Waals surface area contributed by atoms with Crippen LogP contribution < -0.4 is 5.32 Å². The Morgan fingerprint density at radius 3 is 2.49 bits per heavy atom. The van der Waals surface area contributed by atoms with Crippen LogP contribution in [0.1, 0.15) is 24.0 Å². The monoisotopic (exact) mass is 512 g/mol. The number of benzene rings is 3. The molecule has 6 nitrogen and oxygen atoms in total. The smallest absolute Gasteiger partial charge is 0.246 e. The van der Waals surface area contributed by atoms with Crippen LogP contribution in [0.15, 0.2) is 85.1 Å². The number of rotatable bonds is 9. The Balaban J connectivity index is 1.38. The number of nitrogens with zero attached hydrogens (tertiary/aromatic N) is 3. The molecule has 1 saturated carbocycles. The number of nitrogens with one attached hydrogen (secondary N) is 1. The van der Waals surface area contributed by atoms with E-state index in [1.165, 1.54) is 0 Å². The van der Waals surface area contributed by atoms with Gasteiger partial charge in [0, 0.05) is 29.0 Å². The molecular formula is C30H29ClN4O2.